The SMILES string of the molecule is Cc1ccc(S(=O)(=O)C(NC(=O)c2ccc(Br)cc2)C(=O)N(C)C)cc1. The third-order valence-corrected chi connectivity index (χ3v) is 6.09. The van der Waals surface area contributed by atoms with E-state index >= 15 is 0 Å². The molecule has 0 bridgehead atoms. The molecule has 2 aromatic carbocycles. The second-order valence-corrected chi connectivity index (χ2v) is 8.90. The van der Waals surface area contributed by atoms with Crippen LogP contribution in [0.15, 0.2) is 57.9 Å². The minimum Gasteiger partial charge on any atom is -0.346 e. The third kappa shape index (κ3) is 4.50. The van der Waals surface area contributed by atoms with Crippen LogP contribution < -0.4 is 5.32 Å². The van der Waals surface area contributed by atoms with Crippen molar-refractivity contribution in [3.05, 3.63) is 64.1 Å². The molecule has 138 valence electrons. The van der Waals surface area contributed by atoms with Crippen molar-refractivity contribution >= 4 is 37.6 Å². The van der Waals surface area contributed by atoms with Gasteiger partial charge in [-0.05, 0) is 43.3 Å². The molecule has 2 rings (SSSR count). The molecule has 0 aromatic heterocycles. The molecule has 0 spiro atoms. The molecule has 0 saturated carbocycles. The van der Waals surface area contributed by atoms with Crippen molar-refractivity contribution in [2.75, 3.05) is 14.1 Å². The van der Waals surface area contributed by atoms with Crippen LogP contribution in [0.5, 0.6) is 0 Å². The lowest BCUT2D eigenvalue weighted by Gasteiger charge is -2.22. The van der Waals surface area contributed by atoms with Crippen LogP contribution >= 0.6 is 15.9 Å². The number of amides is 2. The Kier molecular flexibility index (Phi) is 6.20. The van der Waals surface area contributed by atoms with E-state index in [1.165, 1.54) is 38.4 Å². The Hall–Kier alpha value is -2.19. The summed E-state index contributed by atoms with van der Waals surface area (Å²) < 4.78 is 26.7. The lowest BCUT2D eigenvalue weighted by Crippen LogP contribution is -2.50. The number of rotatable bonds is 5. The van der Waals surface area contributed by atoms with E-state index in [1.807, 2.05) is 6.92 Å². The summed E-state index contributed by atoms with van der Waals surface area (Å²) in [4.78, 5) is 26.0. The van der Waals surface area contributed by atoms with Gasteiger partial charge in [0.15, 0.2) is 0 Å². The first kappa shape index (κ1) is 20.1. The van der Waals surface area contributed by atoms with E-state index in [0.717, 1.165) is 14.9 Å². The summed E-state index contributed by atoms with van der Waals surface area (Å²) in [5.41, 5.74) is 1.14. The largest absolute Gasteiger partial charge is 0.346 e. The van der Waals surface area contributed by atoms with Gasteiger partial charge in [-0.25, -0.2) is 8.42 Å². The number of aryl methyl sites for hydroxylation is 1. The molecule has 0 radical (unpaired) electrons. The Labute approximate surface area is 161 Å². The van der Waals surface area contributed by atoms with Crippen molar-refractivity contribution in [2.45, 2.75) is 17.2 Å². The molecule has 1 atom stereocenters. The number of carbonyl (C=O) groups excluding carboxylic acids is 2. The minimum atomic E-state index is -4.11. The topological polar surface area (TPSA) is 83.5 Å². The van der Waals surface area contributed by atoms with Crippen LogP contribution in [0, 0.1) is 6.92 Å². The number of hydrogen-bond acceptors (Lipinski definition) is 4. The molecule has 0 heterocycles. The molecule has 2 amide bonds. The van der Waals surface area contributed by atoms with Gasteiger partial charge < -0.3 is 10.2 Å². The minimum absolute atomic E-state index is 0.0283. The Morgan fingerprint density at radius 3 is 2.04 bits per heavy atom. The highest BCUT2D eigenvalue weighted by Crippen LogP contribution is 2.18. The molecule has 0 saturated heterocycles. The van der Waals surface area contributed by atoms with E-state index in [4.69, 9.17) is 0 Å². The van der Waals surface area contributed by atoms with E-state index < -0.39 is 27.0 Å². The van der Waals surface area contributed by atoms with E-state index in [0.29, 0.717) is 0 Å². The van der Waals surface area contributed by atoms with E-state index in [-0.39, 0.29) is 10.5 Å². The molecule has 2 aromatic rings. The Morgan fingerprint density at radius 2 is 1.54 bits per heavy atom. The molecular weight excluding hydrogens is 420 g/mol. The molecule has 0 aliphatic rings. The van der Waals surface area contributed by atoms with Crippen molar-refractivity contribution in [1.82, 2.24) is 10.2 Å². The molecule has 0 fully saturated rings. The maximum absolute atomic E-state index is 12.9. The average Bonchev–Trinajstić information content (AvgIpc) is 2.59. The van der Waals surface area contributed by atoms with Gasteiger partial charge in [0.25, 0.3) is 11.8 Å². The number of likely N-dealkylation sites (N-methyl/N-ethyl adjacent to an activating group) is 1. The predicted molar refractivity (Wildman–Crippen MR) is 102 cm³/mol. The summed E-state index contributed by atoms with van der Waals surface area (Å²) in [6.45, 7) is 1.83. The summed E-state index contributed by atoms with van der Waals surface area (Å²) in [5.74, 6) is -1.37. The third-order valence-electron chi connectivity index (χ3n) is 3.69. The van der Waals surface area contributed by atoms with Crippen LogP contribution in [-0.2, 0) is 14.6 Å². The first-order valence-electron chi connectivity index (χ1n) is 7.71. The average molecular weight is 439 g/mol. The van der Waals surface area contributed by atoms with E-state index in [9.17, 15) is 18.0 Å². The quantitative estimate of drug-likeness (QED) is 0.776. The number of halogens is 1. The van der Waals surface area contributed by atoms with Gasteiger partial charge >= 0.3 is 0 Å². The van der Waals surface area contributed by atoms with Crippen LogP contribution in [-0.4, -0.2) is 44.6 Å². The number of sulfone groups is 1. The molecule has 6 nitrogen and oxygen atoms in total. The molecule has 0 aliphatic carbocycles. The number of hydrogen-bond donors (Lipinski definition) is 1. The van der Waals surface area contributed by atoms with E-state index in [1.54, 1.807) is 24.3 Å². The second kappa shape index (κ2) is 8.01. The van der Waals surface area contributed by atoms with Crippen LogP contribution in [0.2, 0.25) is 0 Å². The zero-order valence-corrected chi connectivity index (χ0v) is 17.0. The number of benzene rings is 2. The van der Waals surface area contributed by atoms with Crippen LogP contribution in [0.3, 0.4) is 0 Å². The Morgan fingerprint density at radius 1 is 1.00 bits per heavy atom. The molecule has 1 unspecified atom stereocenters. The summed E-state index contributed by atoms with van der Waals surface area (Å²) in [6, 6.07) is 12.5. The standard InChI is InChI=1S/C18H19BrN2O4S/c1-12-4-10-15(11-5-12)26(24,25)17(18(23)21(2)3)20-16(22)13-6-8-14(19)9-7-13/h4-11,17H,1-3H3,(H,20,22). The number of nitrogens with one attached hydrogen (secondary N) is 1. The summed E-state index contributed by atoms with van der Waals surface area (Å²) in [6.07, 6.45) is 0. The molecular formula is C18H19BrN2O4S. The van der Waals surface area contributed by atoms with Crippen molar-refractivity contribution in [1.29, 1.82) is 0 Å². The fourth-order valence-corrected chi connectivity index (χ4v) is 3.96. The Bertz CT molecular complexity index is 907. The van der Waals surface area contributed by atoms with E-state index in [2.05, 4.69) is 21.2 Å². The van der Waals surface area contributed by atoms with Gasteiger partial charge in [0.2, 0.25) is 15.2 Å². The van der Waals surface area contributed by atoms with Crippen LogP contribution in [0.25, 0.3) is 0 Å². The van der Waals surface area contributed by atoms with Crippen molar-refractivity contribution in [3.63, 3.8) is 0 Å². The van der Waals surface area contributed by atoms with Gasteiger partial charge in [0, 0.05) is 24.1 Å². The van der Waals surface area contributed by atoms with Crippen molar-refractivity contribution in [2.24, 2.45) is 0 Å². The zero-order chi connectivity index (χ0) is 19.5. The van der Waals surface area contributed by atoms with Crippen LogP contribution in [0.4, 0.5) is 0 Å². The van der Waals surface area contributed by atoms with Crippen LogP contribution in [0.1, 0.15) is 15.9 Å². The lowest BCUT2D eigenvalue weighted by atomic mass is 10.2. The van der Waals surface area contributed by atoms with Crippen molar-refractivity contribution < 1.29 is 18.0 Å². The molecule has 26 heavy (non-hydrogen) atoms. The maximum Gasteiger partial charge on any atom is 0.260 e. The first-order valence-corrected chi connectivity index (χ1v) is 10.0. The monoisotopic (exact) mass is 438 g/mol. The smallest absolute Gasteiger partial charge is 0.260 e. The molecule has 8 heteroatoms. The highest BCUT2D eigenvalue weighted by molar-refractivity contribution is 9.10. The highest BCUT2D eigenvalue weighted by Gasteiger charge is 2.36. The lowest BCUT2D eigenvalue weighted by molar-refractivity contribution is -0.128. The van der Waals surface area contributed by atoms with Gasteiger partial charge in [-0.1, -0.05) is 33.6 Å². The van der Waals surface area contributed by atoms with Crippen molar-refractivity contribution in [3.8, 4) is 0 Å². The number of nitrogens with zero attached hydrogens (tertiary/aromatic N) is 1. The van der Waals surface area contributed by atoms with Gasteiger partial charge in [-0.2, -0.15) is 0 Å². The van der Waals surface area contributed by atoms with Gasteiger partial charge in [0.1, 0.15) is 0 Å². The fourth-order valence-electron chi connectivity index (χ4n) is 2.17. The Balaban J connectivity index is 2.40. The second-order valence-electron chi connectivity index (χ2n) is 5.95. The van der Waals surface area contributed by atoms with Gasteiger partial charge in [-0.15, -0.1) is 0 Å². The molecule has 1 N–H and O–H groups in total. The summed E-state index contributed by atoms with van der Waals surface area (Å²) >= 11 is 3.27. The van der Waals surface area contributed by atoms with Gasteiger partial charge in [-0.3, -0.25) is 9.59 Å². The highest BCUT2D eigenvalue weighted by atomic mass is 79.9. The fraction of sp³-hybridized carbons (Fsp3) is 0.222. The summed E-state index contributed by atoms with van der Waals surface area (Å²) in [5, 5.41) is 0.642. The number of carbonyl (C=O) groups is 2. The normalized spacial score (nSPS) is 12.3. The predicted octanol–water partition coefficient (Wildman–Crippen LogP) is 2.38. The molecule has 0 aliphatic heterocycles. The first-order chi connectivity index (χ1) is 12.1. The maximum atomic E-state index is 12.9. The summed E-state index contributed by atoms with van der Waals surface area (Å²) in [7, 11) is -1.23. The van der Waals surface area contributed by atoms with Gasteiger partial charge in [0.05, 0.1) is 4.90 Å². The zero-order valence-electron chi connectivity index (χ0n) is 14.6.